The van der Waals surface area contributed by atoms with Crippen LogP contribution in [0.4, 0.5) is 8.78 Å². The van der Waals surface area contributed by atoms with E-state index < -0.39 is 24.0 Å². The van der Waals surface area contributed by atoms with Crippen molar-refractivity contribution < 1.29 is 18.3 Å². The predicted molar refractivity (Wildman–Crippen MR) is 67.3 cm³/mol. The fraction of sp³-hybridized carbons (Fsp3) is 0.0667. The van der Waals surface area contributed by atoms with Crippen LogP contribution in [0, 0.1) is 23.0 Å². The molecule has 2 rings (SSSR count). The van der Waals surface area contributed by atoms with Crippen molar-refractivity contribution in [3.05, 3.63) is 65.2 Å². The lowest BCUT2D eigenvalue weighted by molar-refractivity contribution is 0.0917. The summed E-state index contributed by atoms with van der Waals surface area (Å²) in [6.07, 6.45) is 0. The summed E-state index contributed by atoms with van der Waals surface area (Å²) < 4.78 is 31.3. The second kappa shape index (κ2) is 5.93. The average Bonchev–Trinajstić information content (AvgIpc) is 2.45. The van der Waals surface area contributed by atoms with E-state index in [1.807, 2.05) is 6.07 Å². The van der Waals surface area contributed by atoms with E-state index in [0.717, 1.165) is 12.1 Å². The van der Waals surface area contributed by atoms with E-state index in [1.54, 1.807) is 12.1 Å². The van der Waals surface area contributed by atoms with Crippen molar-refractivity contribution in [1.82, 2.24) is 0 Å². The van der Waals surface area contributed by atoms with E-state index in [2.05, 4.69) is 0 Å². The Morgan fingerprint density at radius 3 is 2.65 bits per heavy atom. The van der Waals surface area contributed by atoms with Crippen molar-refractivity contribution in [2.24, 2.45) is 0 Å². The van der Waals surface area contributed by atoms with Crippen LogP contribution in [0.2, 0.25) is 0 Å². The molecule has 0 aliphatic heterocycles. The van der Waals surface area contributed by atoms with Crippen molar-refractivity contribution in [3.63, 3.8) is 0 Å². The molecular formula is C15H9F2NO2. The van der Waals surface area contributed by atoms with Gasteiger partial charge < -0.3 is 4.74 Å². The molecule has 20 heavy (non-hydrogen) atoms. The Kier molecular flexibility index (Phi) is 4.06. The van der Waals surface area contributed by atoms with Crippen molar-refractivity contribution in [2.75, 3.05) is 6.61 Å². The monoisotopic (exact) mass is 273 g/mol. The summed E-state index contributed by atoms with van der Waals surface area (Å²) in [5.74, 6) is -2.08. The summed E-state index contributed by atoms with van der Waals surface area (Å²) in [5.41, 5.74) is 0.0284. The zero-order valence-electron chi connectivity index (χ0n) is 10.3. The first-order valence-corrected chi connectivity index (χ1v) is 5.72. The van der Waals surface area contributed by atoms with Gasteiger partial charge in [0.25, 0.3) is 0 Å². The van der Waals surface area contributed by atoms with Crippen molar-refractivity contribution in [2.45, 2.75) is 0 Å². The maximum absolute atomic E-state index is 13.4. The highest BCUT2D eigenvalue weighted by atomic mass is 19.1. The van der Waals surface area contributed by atoms with Crippen LogP contribution < -0.4 is 4.74 Å². The Labute approximate surface area is 114 Å². The molecule has 5 heteroatoms. The van der Waals surface area contributed by atoms with Gasteiger partial charge in [-0.1, -0.05) is 12.1 Å². The fourth-order valence-electron chi connectivity index (χ4n) is 1.62. The molecule has 0 fully saturated rings. The first kappa shape index (κ1) is 13.7. The van der Waals surface area contributed by atoms with Crippen molar-refractivity contribution in [3.8, 4) is 11.8 Å². The molecule has 0 bridgehead atoms. The first-order chi connectivity index (χ1) is 9.61. The van der Waals surface area contributed by atoms with Crippen LogP contribution in [0.25, 0.3) is 0 Å². The number of ether oxygens (including phenoxy) is 1. The Bertz CT molecular complexity index is 693. The van der Waals surface area contributed by atoms with Gasteiger partial charge in [-0.25, -0.2) is 8.78 Å². The third-order valence-electron chi connectivity index (χ3n) is 2.60. The maximum Gasteiger partial charge on any atom is 0.203 e. The van der Waals surface area contributed by atoms with Crippen LogP contribution in [0.5, 0.6) is 5.75 Å². The van der Waals surface area contributed by atoms with Gasteiger partial charge in [-0.15, -0.1) is 0 Å². The number of hydrogen-bond acceptors (Lipinski definition) is 3. The number of carbonyl (C=O) groups excluding carboxylic acids is 1. The van der Waals surface area contributed by atoms with Crippen LogP contribution in [-0.2, 0) is 0 Å². The Morgan fingerprint density at radius 1 is 1.20 bits per heavy atom. The zero-order valence-corrected chi connectivity index (χ0v) is 10.3. The van der Waals surface area contributed by atoms with E-state index >= 15 is 0 Å². The zero-order chi connectivity index (χ0) is 14.5. The molecule has 0 heterocycles. The molecule has 0 aliphatic carbocycles. The summed E-state index contributed by atoms with van der Waals surface area (Å²) in [6.45, 7) is -0.429. The summed E-state index contributed by atoms with van der Waals surface area (Å²) >= 11 is 0. The number of rotatable bonds is 4. The molecule has 0 saturated heterocycles. The van der Waals surface area contributed by atoms with Gasteiger partial charge in [0.05, 0.1) is 11.1 Å². The van der Waals surface area contributed by atoms with Gasteiger partial charge >= 0.3 is 0 Å². The van der Waals surface area contributed by atoms with Crippen LogP contribution in [0.15, 0.2) is 42.5 Å². The fourth-order valence-corrected chi connectivity index (χ4v) is 1.62. The number of para-hydroxylation sites is 1. The number of carbonyl (C=O) groups is 1. The van der Waals surface area contributed by atoms with Crippen molar-refractivity contribution in [1.29, 1.82) is 5.26 Å². The number of benzene rings is 2. The molecule has 0 aromatic heterocycles. The van der Waals surface area contributed by atoms with Crippen molar-refractivity contribution >= 4 is 5.78 Å². The molecular weight excluding hydrogens is 264 g/mol. The molecule has 0 saturated carbocycles. The van der Waals surface area contributed by atoms with Crippen LogP contribution >= 0.6 is 0 Å². The van der Waals surface area contributed by atoms with Crippen LogP contribution in [-0.4, -0.2) is 12.4 Å². The topological polar surface area (TPSA) is 50.1 Å². The molecule has 0 spiro atoms. The average molecular weight is 273 g/mol. The molecule has 2 aromatic rings. The second-order valence-electron chi connectivity index (χ2n) is 3.94. The van der Waals surface area contributed by atoms with Gasteiger partial charge in [0.1, 0.15) is 23.5 Å². The second-order valence-corrected chi connectivity index (χ2v) is 3.94. The predicted octanol–water partition coefficient (Wildman–Crippen LogP) is 3.10. The smallest absolute Gasteiger partial charge is 0.203 e. The quantitative estimate of drug-likeness (QED) is 0.804. The van der Waals surface area contributed by atoms with Gasteiger partial charge in [-0.2, -0.15) is 5.26 Å². The largest absolute Gasteiger partial charge is 0.484 e. The highest BCUT2D eigenvalue weighted by Crippen LogP contribution is 2.17. The summed E-state index contributed by atoms with van der Waals surface area (Å²) in [7, 11) is 0. The van der Waals surface area contributed by atoms with E-state index in [4.69, 9.17) is 10.00 Å². The number of nitrogens with zero attached hydrogens (tertiary/aromatic N) is 1. The van der Waals surface area contributed by atoms with Gasteiger partial charge in [0, 0.05) is 6.07 Å². The highest BCUT2D eigenvalue weighted by molar-refractivity contribution is 5.97. The number of hydrogen-bond donors (Lipinski definition) is 0. The molecule has 0 aliphatic rings. The summed E-state index contributed by atoms with van der Waals surface area (Å²) in [5, 5.41) is 8.86. The van der Waals surface area contributed by atoms with Gasteiger partial charge in [0.2, 0.25) is 5.78 Å². The number of Topliss-reactive ketones (excluding diaryl/α,β-unsaturated/α-hetero) is 1. The Hall–Kier alpha value is -2.74. The molecule has 0 unspecified atom stereocenters. The van der Waals surface area contributed by atoms with Gasteiger partial charge in [0.15, 0.2) is 6.61 Å². The SMILES string of the molecule is N#Cc1ccccc1OCC(=O)c1ccc(F)cc1F. The lowest BCUT2D eigenvalue weighted by atomic mass is 10.1. The number of nitriles is 1. The molecule has 3 nitrogen and oxygen atoms in total. The summed E-state index contributed by atoms with van der Waals surface area (Å²) in [6, 6.07) is 11.0. The Morgan fingerprint density at radius 2 is 1.95 bits per heavy atom. The molecule has 100 valence electrons. The van der Waals surface area contributed by atoms with E-state index in [-0.39, 0.29) is 16.9 Å². The van der Waals surface area contributed by atoms with E-state index in [9.17, 15) is 13.6 Å². The van der Waals surface area contributed by atoms with E-state index in [1.165, 1.54) is 12.1 Å². The molecule has 0 amide bonds. The third kappa shape index (κ3) is 2.98. The Balaban J connectivity index is 2.11. The van der Waals surface area contributed by atoms with Gasteiger partial charge in [-0.3, -0.25) is 4.79 Å². The number of halogens is 2. The molecule has 2 aromatic carbocycles. The summed E-state index contributed by atoms with van der Waals surface area (Å²) in [4.78, 5) is 11.8. The van der Waals surface area contributed by atoms with E-state index in [0.29, 0.717) is 6.07 Å². The minimum Gasteiger partial charge on any atom is -0.484 e. The van der Waals surface area contributed by atoms with Gasteiger partial charge in [-0.05, 0) is 24.3 Å². The minimum atomic E-state index is -0.938. The maximum atomic E-state index is 13.4. The van der Waals surface area contributed by atoms with Crippen LogP contribution in [0.1, 0.15) is 15.9 Å². The number of ketones is 1. The highest BCUT2D eigenvalue weighted by Gasteiger charge is 2.14. The lowest BCUT2D eigenvalue weighted by Gasteiger charge is -2.07. The normalized spacial score (nSPS) is 9.85. The van der Waals surface area contributed by atoms with Crippen LogP contribution in [0.3, 0.4) is 0 Å². The molecule has 0 radical (unpaired) electrons. The molecule has 0 atom stereocenters. The standard InChI is InChI=1S/C15H9F2NO2/c16-11-5-6-12(13(17)7-11)14(19)9-20-15-4-2-1-3-10(15)8-18/h1-7H,9H2. The third-order valence-corrected chi connectivity index (χ3v) is 2.60. The first-order valence-electron chi connectivity index (χ1n) is 5.72. The lowest BCUT2D eigenvalue weighted by Crippen LogP contribution is -2.13. The minimum absolute atomic E-state index is 0.242. The molecule has 0 N–H and O–H groups in total.